The van der Waals surface area contributed by atoms with Gasteiger partial charge in [-0.15, -0.1) is 0 Å². The van der Waals surface area contributed by atoms with Gasteiger partial charge in [-0.2, -0.15) is 0 Å². The average Bonchev–Trinajstić information content (AvgIpc) is 3.29. The zero-order chi connectivity index (χ0) is 45.6. The molecule has 0 heterocycles. The Kier molecular flexibility index (Phi) is 53.7. The molecule has 2 unspecified atom stereocenters. The molecule has 0 saturated heterocycles. The van der Waals surface area contributed by atoms with E-state index in [2.05, 4.69) is 43.5 Å². The van der Waals surface area contributed by atoms with Crippen LogP contribution < -0.4 is 5.32 Å². The first-order valence-electron chi connectivity index (χ1n) is 28.7. The van der Waals surface area contributed by atoms with Gasteiger partial charge in [0.15, 0.2) is 0 Å². The minimum atomic E-state index is -0.838. The highest BCUT2D eigenvalue weighted by Gasteiger charge is 2.18. The zero-order valence-corrected chi connectivity index (χ0v) is 42.9. The standard InChI is InChI=1S/C59H113NO3/c1-3-5-7-9-11-13-15-17-19-21-23-24-25-26-27-28-29-30-31-32-33-34-35-36-37-39-41-43-45-47-49-51-53-55-59(63)60-57(56-61)58(62)54-52-50-48-46-44-42-40-38-22-20-18-16-14-12-10-8-6-4-2/h23-24,26-27,52,54,57-58,61-62H,3-22,25,28-51,53,55-56H2,1-2H3,(H,60,63)/b24-23-,27-26-,54-52+. The van der Waals surface area contributed by atoms with Crippen LogP contribution in [0.25, 0.3) is 0 Å². The highest BCUT2D eigenvalue weighted by Crippen LogP contribution is 2.17. The maximum atomic E-state index is 12.5. The average molecular weight is 885 g/mol. The van der Waals surface area contributed by atoms with Crippen molar-refractivity contribution >= 4 is 5.91 Å². The second-order valence-corrected chi connectivity index (χ2v) is 19.7. The van der Waals surface area contributed by atoms with Crippen LogP contribution in [-0.2, 0) is 4.79 Å². The van der Waals surface area contributed by atoms with Gasteiger partial charge in [0.1, 0.15) is 0 Å². The lowest BCUT2D eigenvalue weighted by atomic mass is 10.0. The molecule has 372 valence electrons. The van der Waals surface area contributed by atoms with Crippen LogP contribution >= 0.6 is 0 Å². The van der Waals surface area contributed by atoms with Crippen molar-refractivity contribution in [2.24, 2.45) is 0 Å². The lowest BCUT2D eigenvalue weighted by Crippen LogP contribution is -2.45. The van der Waals surface area contributed by atoms with Crippen LogP contribution in [0.3, 0.4) is 0 Å². The van der Waals surface area contributed by atoms with Crippen LogP contribution in [0, 0.1) is 0 Å². The molecule has 0 aliphatic carbocycles. The number of aliphatic hydroxyl groups excluding tert-OH is 2. The fourth-order valence-corrected chi connectivity index (χ4v) is 8.98. The van der Waals surface area contributed by atoms with E-state index in [1.807, 2.05) is 6.08 Å². The molecule has 0 aromatic rings. The Morgan fingerprint density at radius 3 is 0.952 bits per heavy atom. The second kappa shape index (κ2) is 54.9. The number of carbonyl (C=O) groups is 1. The van der Waals surface area contributed by atoms with Gasteiger partial charge in [0.25, 0.3) is 0 Å². The number of carbonyl (C=O) groups excluding carboxylic acids is 1. The van der Waals surface area contributed by atoms with E-state index < -0.39 is 12.1 Å². The molecule has 4 nitrogen and oxygen atoms in total. The molecule has 0 spiro atoms. The first kappa shape index (κ1) is 61.6. The van der Waals surface area contributed by atoms with Gasteiger partial charge in [0, 0.05) is 6.42 Å². The number of rotatable bonds is 53. The van der Waals surface area contributed by atoms with E-state index in [0.717, 1.165) is 32.1 Å². The van der Waals surface area contributed by atoms with Crippen molar-refractivity contribution in [1.82, 2.24) is 5.32 Å². The summed E-state index contributed by atoms with van der Waals surface area (Å²) in [5.41, 5.74) is 0. The lowest BCUT2D eigenvalue weighted by Gasteiger charge is -2.20. The third kappa shape index (κ3) is 51.5. The molecule has 2 atom stereocenters. The summed E-state index contributed by atoms with van der Waals surface area (Å²) < 4.78 is 0. The zero-order valence-electron chi connectivity index (χ0n) is 42.9. The molecule has 0 aromatic heterocycles. The molecule has 1 amide bonds. The number of nitrogens with one attached hydrogen (secondary N) is 1. The maximum Gasteiger partial charge on any atom is 0.220 e. The van der Waals surface area contributed by atoms with Crippen LogP contribution in [0.2, 0.25) is 0 Å². The van der Waals surface area contributed by atoms with E-state index in [-0.39, 0.29) is 12.5 Å². The summed E-state index contributed by atoms with van der Waals surface area (Å²) in [5, 5.41) is 23.2. The van der Waals surface area contributed by atoms with Crippen molar-refractivity contribution in [3.63, 3.8) is 0 Å². The van der Waals surface area contributed by atoms with Crippen LogP contribution in [0.15, 0.2) is 36.5 Å². The number of amides is 1. The Morgan fingerprint density at radius 1 is 0.381 bits per heavy atom. The van der Waals surface area contributed by atoms with Gasteiger partial charge in [-0.3, -0.25) is 4.79 Å². The summed E-state index contributed by atoms with van der Waals surface area (Å²) in [6.07, 6.45) is 74.6. The Hall–Kier alpha value is -1.39. The minimum absolute atomic E-state index is 0.0593. The number of hydrogen-bond donors (Lipinski definition) is 3. The Labute approximate surface area is 395 Å². The van der Waals surface area contributed by atoms with Crippen molar-refractivity contribution < 1.29 is 15.0 Å². The summed E-state index contributed by atoms with van der Waals surface area (Å²) >= 11 is 0. The van der Waals surface area contributed by atoms with E-state index in [4.69, 9.17) is 0 Å². The van der Waals surface area contributed by atoms with Gasteiger partial charge in [-0.05, 0) is 51.4 Å². The van der Waals surface area contributed by atoms with E-state index in [0.29, 0.717) is 6.42 Å². The number of hydrogen-bond acceptors (Lipinski definition) is 3. The summed E-state index contributed by atoms with van der Waals surface area (Å²) in [4.78, 5) is 12.5. The Morgan fingerprint density at radius 2 is 0.651 bits per heavy atom. The molecule has 0 rings (SSSR count). The van der Waals surface area contributed by atoms with Crippen LogP contribution in [-0.4, -0.2) is 34.9 Å². The molecule has 0 aliphatic heterocycles. The summed E-state index contributed by atoms with van der Waals surface area (Å²) in [6.45, 7) is 4.34. The van der Waals surface area contributed by atoms with Gasteiger partial charge >= 0.3 is 0 Å². The van der Waals surface area contributed by atoms with Crippen molar-refractivity contribution in [2.75, 3.05) is 6.61 Å². The summed E-state index contributed by atoms with van der Waals surface area (Å²) in [5.74, 6) is -0.0593. The topological polar surface area (TPSA) is 69.6 Å². The van der Waals surface area contributed by atoms with E-state index >= 15 is 0 Å². The van der Waals surface area contributed by atoms with Crippen molar-refractivity contribution in [3.05, 3.63) is 36.5 Å². The van der Waals surface area contributed by atoms with Crippen LogP contribution in [0.1, 0.15) is 316 Å². The van der Waals surface area contributed by atoms with Crippen molar-refractivity contribution in [1.29, 1.82) is 0 Å². The first-order chi connectivity index (χ1) is 31.2. The van der Waals surface area contributed by atoms with Crippen molar-refractivity contribution in [2.45, 2.75) is 328 Å². The van der Waals surface area contributed by atoms with Gasteiger partial charge in [-0.1, -0.05) is 294 Å². The molecule has 0 fully saturated rings. The molecule has 4 heteroatoms. The van der Waals surface area contributed by atoms with E-state index in [1.54, 1.807) is 6.08 Å². The number of unbranched alkanes of at least 4 members (excludes halogenated alkanes) is 42. The second-order valence-electron chi connectivity index (χ2n) is 19.7. The Balaban J connectivity index is 3.45. The third-order valence-corrected chi connectivity index (χ3v) is 13.4. The molecule has 0 aliphatic rings. The number of aliphatic hydroxyl groups is 2. The van der Waals surface area contributed by atoms with Gasteiger partial charge in [0.05, 0.1) is 18.8 Å². The largest absolute Gasteiger partial charge is 0.394 e. The maximum absolute atomic E-state index is 12.5. The smallest absolute Gasteiger partial charge is 0.220 e. The summed E-state index contributed by atoms with van der Waals surface area (Å²) in [7, 11) is 0. The fourth-order valence-electron chi connectivity index (χ4n) is 8.98. The molecule has 0 bridgehead atoms. The predicted octanol–water partition coefficient (Wildman–Crippen LogP) is 18.9. The van der Waals surface area contributed by atoms with Gasteiger partial charge < -0.3 is 15.5 Å². The number of allylic oxidation sites excluding steroid dienone is 5. The van der Waals surface area contributed by atoms with Gasteiger partial charge in [-0.25, -0.2) is 0 Å². The summed E-state index contributed by atoms with van der Waals surface area (Å²) in [6, 6.07) is -0.621. The molecule has 0 saturated carbocycles. The van der Waals surface area contributed by atoms with Crippen LogP contribution in [0.4, 0.5) is 0 Å². The predicted molar refractivity (Wildman–Crippen MR) is 281 cm³/mol. The monoisotopic (exact) mass is 884 g/mol. The highest BCUT2D eigenvalue weighted by atomic mass is 16.3. The molecular weight excluding hydrogens is 771 g/mol. The van der Waals surface area contributed by atoms with Gasteiger partial charge in [0.2, 0.25) is 5.91 Å². The molecule has 63 heavy (non-hydrogen) atoms. The SMILES string of the molecule is CCCCCCCCCCC/C=C\C/C=C\CCCCCCCCCCCCCCCCCCCC(=O)NC(CO)C(O)/C=C/CCCCCCCCCCCCCCCCCC. The van der Waals surface area contributed by atoms with E-state index in [9.17, 15) is 15.0 Å². The van der Waals surface area contributed by atoms with Crippen molar-refractivity contribution in [3.8, 4) is 0 Å². The normalized spacial score (nSPS) is 13.0. The third-order valence-electron chi connectivity index (χ3n) is 13.4. The quantitative estimate of drug-likeness (QED) is 0.0421. The molecule has 0 aromatic carbocycles. The first-order valence-corrected chi connectivity index (χ1v) is 28.7. The lowest BCUT2D eigenvalue weighted by molar-refractivity contribution is -0.123. The highest BCUT2D eigenvalue weighted by molar-refractivity contribution is 5.76. The van der Waals surface area contributed by atoms with Crippen LogP contribution in [0.5, 0.6) is 0 Å². The fraction of sp³-hybridized carbons (Fsp3) is 0.881. The minimum Gasteiger partial charge on any atom is -0.394 e. The molecule has 3 N–H and O–H groups in total. The molecular formula is C59H113NO3. The Bertz CT molecular complexity index is 958. The molecule has 0 radical (unpaired) electrons. The van der Waals surface area contributed by atoms with E-state index in [1.165, 1.54) is 263 Å².